The van der Waals surface area contributed by atoms with Crippen molar-refractivity contribution >= 4 is 22.8 Å². The van der Waals surface area contributed by atoms with E-state index >= 15 is 0 Å². The Bertz CT molecular complexity index is 193. The summed E-state index contributed by atoms with van der Waals surface area (Å²) in [6, 6.07) is 0. The van der Waals surface area contributed by atoms with Crippen molar-refractivity contribution in [3.8, 4) is 0 Å². The highest BCUT2D eigenvalue weighted by molar-refractivity contribution is 8.14. The van der Waals surface area contributed by atoms with E-state index in [0.29, 0.717) is 18.7 Å². The van der Waals surface area contributed by atoms with E-state index in [-0.39, 0.29) is 16.9 Å². The van der Waals surface area contributed by atoms with Gasteiger partial charge in [-0.05, 0) is 6.42 Å². The third-order valence-electron chi connectivity index (χ3n) is 1.78. The van der Waals surface area contributed by atoms with E-state index in [2.05, 4.69) is 5.32 Å². The maximum atomic E-state index is 11.3. The lowest BCUT2D eigenvalue weighted by Crippen LogP contribution is -2.31. The van der Waals surface area contributed by atoms with Crippen molar-refractivity contribution in [2.75, 3.05) is 12.3 Å². The van der Waals surface area contributed by atoms with Gasteiger partial charge >= 0.3 is 0 Å². The number of carbonyl (C=O) groups is 2. The Morgan fingerprint density at radius 2 is 2.50 bits per heavy atom. The summed E-state index contributed by atoms with van der Waals surface area (Å²) in [4.78, 5) is 22.1. The molecule has 0 bridgehead atoms. The highest BCUT2D eigenvalue weighted by atomic mass is 32.2. The van der Waals surface area contributed by atoms with E-state index in [1.54, 1.807) is 0 Å². The molecule has 0 aliphatic carbocycles. The molecule has 1 N–H and O–H groups in total. The molecule has 0 aromatic carbocycles. The van der Waals surface area contributed by atoms with Gasteiger partial charge in [0.25, 0.3) is 0 Å². The van der Waals surface area contributed by atoms with Crippen LogP contribution in [0.2, 0.25) is 0 Å². The monoisotopic (exact) mass is 187 g/mol. The van der Waals surface area contributed by atoms with Gasteiger partial charge in [-0.2, -0.15) is 0 Å². The third-order valence-corrected chi connectivity index (χ3v) is 2.84. The summed E-state index contributed by atoms with van der Waals surface area (Å²) in [6.07, 6.45) is 1.36. The number of thioether (sulfide) groups is 1. The molecule has 1 aliphatic heterocycles. The molecule has 1 fully saturated rings. The fourth-order valence-corrected chi connectivity index (χ4v) is 2.05. The first-order valence-electron chi connectivity index (χ1n) is 4.17. The molecule has 1 rings (SSSR count). The van der Waals surface area contributed by atoms with Crippen LogP contribution in [0.3, 0.4) is 0 Å². The van der Waals surface area contributed by atoms with E-state index in [0.717, 1.165) is 6.42 Å². The van der Waals surface area contributed by atoms with Crippen LogP contribution >= 0.6 is 11.8 Å². The van der Waals surface area contributed by atoms with Crippen LogP contribution in [0.4, 0.5) is 0 Å². The zero-order chi connectivity index (χ0) is 8.97. The van der Waals surface area contributed by atoms with Gasteiger partial charge in [0.15, 0.2) is 5.12 Å². The molecule has 1 atom stereocenters. The number of hydrogen-bond donors (Lipinski definition) is 1. The fourth-order valence-electron chi connectivity index (χ4n) is 1.07. The van der Waals surface area contributed by atoms with Gasteiger partial charge in [-0.25, -0.2) is 0 Å². The molecule has 12 heavy (non-hydrogen) atoms. The number of hydrogen-bond acceptors (Lipinski definition) is 3. The summed E-state index contributed by atoms with van der Waals surface area (Å²) in [7, 11) is 0. The number of nitrogens with one attached hydrogen (secondary N) is 1. The molecule has 0 radical (unpaired) electrons. The lowest BCUT2D eigenvalue weighted by Gasteiger charge is -2.07. The predicted molar refractivity (Wildman–Crippen MR) is 48.9 cm³/mol. The number of carbonyl (C=O) groups excluding carboxylic acids is 2. The van der Waals surface area contributed by atoms with Crippen molar-refractivity contribution in [2.24, 2.45) is 5.92 Å². The van der Waals surface area contributed by atoms with E-state index in [9.17, 15) is 9.59 Å². The van der Waals surface area contributed by atoms with E-state index in [1.165, 1.54) is 11.8 Å². The molecule has 0 saturated carbocycles. The molecule has 1 aliphatic rings. The third kappa shape index (κ3) is 2.52. The van der Waals surface area contributed by atoms with Gasteiger partial charge in [-0.1, -0.05) is 18.7 Å². The lowest BCUT2D eigenvalue weighted by molar-refractivity contribution is -0.126. The summed E-state index contributed by atoms with van der Waals surface area (Å²) in [5.41, 5.74) is 0. The summed E-state index contributed by atoms with van der Waals surface area (Å²) >= 11 is 1.27. The summed E-state index contributed by atoms with van der Waals surface area (Å²) in [5, 5.41) is 2.94. The molecule has 0 aromatic heterocycles. The van der Waals surface area contributed by atoms with Crippen LogP contribution in [0.1, 0.15) is 19.8 Å². The Balaban J connectivity index is 2.28. The van der Waals surface area contributed by atoms with E-state index in [1.807, 2.05) is 6.92 Å². The minimum atomic E-state index is -0.0750. The summed E-state index contributed by atoms with van der Waals surface area (Å²) in [6.45, 7) is 2.73. The highest BCUT2D eigenvalue weighted by Gasteiger charge is 2.28. The topological polar surface area (TPSA) is 46.2 Å². The van der Waals surface area contributed by atoms with Gasteiger partial charge in [0.1, 0.15) is 0 Å². The van der Waals surface area contributed by atoms with E-state index in [4.69, 9.17) is 0 Å². The smallest absolute Gasteiger partial charge is 0.224 e. The van der Waals surface area contributed by atoms with Gasteiger partial charge in [0, 0.05) is 18.7 Å². The first-order valence-corrected chi connectivity index (χ1v) is 5.16. The van der Waals surface area contributed by atoms with Crippen molar-refractivity contribution in [3.63, 3.8) is 0 Å². The number of amides is 1. The first-order chi connectivity index (χ1) is 5.74. The summed E-state index contributed by atoms with van der Waals surface area (Å²) in [5.74, 6) is 0.623. The summed E-state index contributed by atoms with van der Waals surface area (Å²) < 4.78 is 0. The van der Waals surface area contributed by atoms with Crippen LogP contribution in [0, 0.1) is 5.92 Å². The van der Waals surface area contributed by atoms with Crippen LogP contribution in [0.15, 0.2) is 0 Å². The molecule has 0 aromatic rings. The first kappa shape index (κ1) is 9.58. The molecular formula is C8H13NO2S. The molecule has 1 amide bonds. The molecule has 1 unspecified atom stereocenters. The van der Waals surface area contributed by atoms with Crippen molar-refractivity contribution in [1.82, 2.24) is 5.32 Å². The standard InChI is InChI=1S/C8H13NO2S/c1-2-3-9-8(11)6-4-7(10)12-5-6/h6H,2-5H2,1H3,(H,9,11). The van der Waals surface area contributed by atoms with Crippen molar-refractivity contribution < 1.29 is 9.59 Å². The molecule has 68 valence electrons. The minimum absolute atomic E-state index is 0.0372. The van der Waals surface area contributed by atoms with Crippen LogP contribution in [-0.4, -0.2) is 23.3 Å². The predicted octanol–water partition coefficient (Wildman–Crippen LogP) is 0.792. The molecule has 0 spiro atoms. The maximum Gasteiger partial charge on any atom is 0.224 e. The van der Waals surface area contributed by atoms with Crippen molar-refractivity contribution in [2.45, 2.75) is 19.8 Å². The Morgan fingerprint density at radius 3 is 3.00 bits per heavy atom. The quantitative estimate of drug-likeness (QED) is 0.710. The van der Waals surface area contributed by atoms with Crippen LogP contribution in [0.25, 0.3) is 0 Å². The fraction of sp³-hybridized carbons (Fsp3) is 0.750. The molecular weight excluding hydrogens is 174 g/mol. The van der Waals surface area contributed by atoms with Crippen LogP contribution in [-0.2, 0) is 9.59 Å². The zero-order valence-electron chi connectivity index (χ0n) is 7.13. The van der Waals surface area contributed by atoms with Gasteiger partial charge in [0.2, 0.25) is 5.91 Å². The van der Waals surface area contributed by atoms with Gasteiger partial charge in [-0.3, -0.25) is 9.59 Å². The molecule has 1 saturated heterocycles. The van der Waals surface area contributed by atoms with Gasteiger partial charge in [-0.15, -0.1) is 0 Å². The second-order valence-electron chi connectivity index (χ2n) is 2.88. The minimum Gasteiger partial charge on any atom is -0.356 e. The van der Waals surface area contributed by atoms with Gasteiger partial charge in [0.05, 0.1) is 5.92 Å². The van der Waals surface area contributed by atoms with Gasteiger partial charge < -0.3 is 5.32 Å². The number of rotatable bonds is 3. The average Bonchev–Trinajstić information content (AvgIpc) is 2.47. The van der Waals surface area contributed by atoms with Crippen molar-refractivity contribution in [1.29, 1.82) is 0 Å². The van der Waals surface area contributed by atoms with Crippen LogP contribution in [0.5, 0.6) is 0 Å². The molecule has 1 heterocycles. The van der Waals surface area contributed by atoms with E-state index < -0.39 is 0 Å². The Kier molecular flexibility index (Phi) is 3.59. The Morgan fingerprint density at radius 1 is 1.75 bits per heavy atom. The maximum absolute atomic E-state index is 11.3. The molecule has 3 nitrogen and oxygen atoms in total. The Labute approximate surface area is 76.3 Å². The SMILES string of the molecule is CCCNC(=O)C1CSC(=O)C1. The largest absolute Gasteiger partial charge is 0.356 e. The lowest BCUT2D eigenvalue weighted by atomic mass is 10.1. The zero-order valence-corrected chi connectivity index (χ0v) is 7.95. The van der Waals surface area contributed by atoms with Crippen molar-refractivity contribution in [3.05, 3.63) is 0 Å². The Hall–Kier alpha value is -0.510. The normalized spacial score (nSPS) is 22.8. The highest BCUT2D eigenvalue weighted by Crippen LogP contribution is 2.25. The second-order valence-corrected chi connectivity index (χ2v) is 3.95. The molecule has 4 heteroatoms. The average molecular weight is 187 g/mol. The second kappa shape index (κ2) is 4.50. The van der Waals surface area contributed by atoms with Crippen LogP contribution < -0.4 is 5.32 Å².